The number of aryl methyl sites for hydroxylation is 1. The number of hydrogen-bond donors (Lipinski definition) is 2. The first kappa shape index (κ1) is 17.2. The van der Waals surface area contributed by atoms with E-state index in [1.807, 2.05) is 6.92 Å². The maximum absolute atomic E-state index is 12.2. The second-order valence-electron chi connectivity index (χ2n) is 5.35. The normalized spacial score (nSPS) is 10.4. The smallest absolute Gasteiger partial charge is 0.276 e. The predicted molar refractivity (Wildman–Crippen MR) is 94.2 cm³/mol. The molecule has 0 atom stereocenters. The Hall–Kier alpha value is -2.14. The second-order valence-corrected chi connectivity index (χ2v) is 5.79. The van der Waals surface area contributed by atoms with Crippen LogP contribution >= 0.6 is 11.6 Å². The lowest BCUT2D eigenvalue weighted by molar-refractivity contribution is 0.102. The molecular formula is C17H21ClN4O. The first-order chi connectivity index (χ1) is 11.1. The third-order valence-corrected chi connectivity index (χ3v) is 3.66. The Bertz CT molecular complexity index is 658. The highest BCUT2D eigenvalue weighted by molar-refractivity contribution is 6.30. The lowest BCUT2D eigenvalue weighted by Crippen LogP contribution is -2.15. The number of rotatable bonds is 7. The minimum atomic E-state index is -0.291. The van der Waals surface area contributed by atoms with Crippen LogP contribution in [0.2, 0.25) is 5.02 Å². The van der Waals surface area contributed by atoms with Gasteiger partial charge in [0.1, 0.15) is 5.82 Å². The van der Waals surface area contributed by atoms with Gasteiger partial charge in [0, 0.05) is 17.3 Å². The van der Waals surface area contributed by atoms with Crippen LogP contribution in [0.4, 0.5) is 11.5 Å². The molecule has 0 aliphatic heterocycles. The van der Waals surface area contributed by atoms with Crippen molar-refractivity contribution in [2.24, 2.45) is 0 Å². The second kappa shape index (κ2) is 8.48. The molecule has 0 saturated heterocycles. The van der Waals surface area contributed by atoms with Crippen molar-refractivity contribution in [3.05, 3.63) is 46.6 Å². The van der Waals surface area contributed by atoms with Crippen molar-refractivity contribution in [1.29, 1.82) is 0 Å². The van der Waals surface area contributed by atoms with Crippen LogP contribution in [0.25, 0.3) is 0 Å². The van der Waals surface area contributed by atoms with E-state index >= 15 is 0 Å². The molecule has 0 spiro atoms. The standard InChI is InChI=1S/C17H21ClN4O/c1-3-4-5-10-19-16-9-8-15(21-22-16)17(23)20-14-7-6-13(18)11-12(14)2/h6-9,11H,3-5,10H2,1-2H3,(H,19,22)(H,20,23). The molecule has 23 heavy (non-hydrogen) atoms. The molecule has 0 unspecified atom stereocenters. The molecule has 0 aliphatic rings. The maximum Gasteiger partial charge on any atom is 0.276 e. The number of halogens is 1. The third kappa shape index (κ3) is 5.21. The van der Waals surface area contributed by atoms with Gasteiger partial charge in [0.25, 0.3) is 5.91 Å². The summed E-state index contributed by atoms with van der Waals surface area (Å²) >= 11 is 5.91. The molecule has 0 fully saturated rings. The van der Waals surface area contributed by atoms with Crippen molar-refractivity contribution >= 4 is 29.0 Å². The highest BCUT2D eigenvalue weighted by atomic mass is 35.5. The first-order valence-electron chi connectivity index (χ1n) is 7.75. The van der Waals surface area contributed by atoms with Crippen LogP contribution in [0, 0.1) is 6.92 Å². The molecule has 0 bridgehead atoms. The third-order valence-electron chi connectivity index (χ3n) is 3.42. The zero-order chi connectivity index (χ0) is 16.7. The van der Waals surface area contributed by atoms with Gasteiger partial charge in [-0.1, -0.05) is 31.4 Å². The fourth-order valence-corrected chi connectivity index (χ4v) is 2.32. The van der Waals surface area contributed by atoms with Gasteiger partial charge in [0.2, 0.25) is 0 Å². The highest BCUT2D eigenvalue weighted by Gasteiger charge is 2.10. The van der Waals surface area contributed by atoms with Crippen molar-refractivity contribution in [2.75, 3.05) is 17.2 Å². The van der Waals surface area contributed by atoms with Crippen molar-refractivity contribution in [3.63, 3.8) is 0 Å². The molecule has 2 N–H and O–H groups in total. The van der Waals surface area contributed by atoms with Crippen LogP contribution in [-0.4, -0.2) is 22.6 Å². The van der Waals surface area contributed by atoms with Crippen LogP contribution in [0.1, 0.15) is 42.2 Å². The summed E-state index contributed by atoms with van der Waals surface area (Å²) < 4.78 is 0. The summed E-state index contributed by atoms with van der Waals surface area (Å²) in [5.74, 6) is 0.390. The Labute approximate surface area is 141 Å². The number of nitrogens with one attached hydrogen (secondary N) is 2. The van der Waals surface area contributed by atoms with Gasteiger partial charge >= 0.3 is 0 Å². The molecule has 0 saturated carbocycles. The molecule has 0 radical (unpaired) electrons. The van der Waals surface area contributed by atoms with E-state index in [9.17, 15) is 4.79 Å². The van der Waals surface area contributed by atoms with E-state index in [1.54, 1.807) is 30.3 Å². The Kier molecular flexibility index (Phi) is 6.35. The molecule has 122 valence electrons. The minimum Gasteiger partial charge on any atom is -0.369 e. The number of carbonyl (C=O) groups is 1. The summed E-state index contributed by atoms with van der Waals surface area (Å²) in [5.41, 5.74) is 1.88. The van der Waals surface area contributed by atoms with E-state index in [2.05, 4.69) is 27.8 Å². The van der Waals surface area contributed by atoms with Gasteiger partial charge in [0.15, 0.2) is 5.69 Å². The monoisotopic (exact) mass is 332 g/mol. The molecule has 1 aromatic carbocycles. The number of nitrogens with zero attached hydrogens (tertiary/aromatic N) is 2. The topological polar surface area (TPSA) is 66.9 Å². The number of amides is 1. The van der Waals surface area contributed by atoms with Crippen molar-refractivity contribution in [2.45, 2.75) is 33.1 Å². The van der Waals surface area contributed by atoms with Gasteiger partial charge in [0.05, 0.1) is 0 Å². The molecule has 1 amide bonds. The molecule has 1 aromatic heterocycles. The van der Waals surface area contributed by atoms with Crippen LogP contribution < -0.4 is 10.6 Å². The van der Waals surface area contributed by atoms with E-state index in [0.29, 0.717) is 16.5 Å². The number of hydrogen-bond acceptors (Lipinski definition) is 4. The zero-order valence-corrected chi connectivity index (χ0v) is 14.2. The Morgan fingerprint density at radius 3 is 2.65 bits per heavy atom. The lowest BCUT2D eigenvalue weighted by atomic mass is 10.2. The van der Waals surface area contributed by atoms with E-state index in [0.717, 1.165) is 18.5 Å². The van der Waals surface area contributed by atoms with Gasteiger partial charge in [-0.2, -0.15) is 0 Å². The van der Waals surface area contributed by atoms with Gasteiger partial charge in [-0.3, -0.25) is 4.79 Å². The molecule has 1 heterocycles. The van der Waals surface area contributed by atoms with Gasteiger partial charge in [-0.15, -0.1) is 10.2 Å². The molecule has 5 nitrogen and oxygen atoms in total. The molecule has 2 aromatic rings. The predicted octanol–water partition coefficient (Wildman–Crippen LogP) is 4.29. The summed E-state index contributed by atoms with van der Waals surface area (Å²) in [4.78, 5) is 12.2. The number of carbonyl (C=O) groups excluding carboxylic acids is 1. The van der Waals surface area contributed by atoms with Gasteiger partial charge < -0.3 is 10.6 Å². The summed E-state index contributed by atoms with van der Waals surface area (Å²) in [5, 5.41) is 14.6. The SMILES string of the molecule is CCCCCNc1ccc(C(=O)Nc2ccc(Cl)cc2C)nn1. The van der Waals surface area contributed by atoms with Gasteiger partial charge in [-0.05, 0) is 49.2 Å². The fourth-order valence-electron chi connectivity index (χ4n) is 2.09. The Morgan fingerprint density at radius 2 is 2.00 bits per heavy atom. The average molecular weight is 333 g/mol. The average Bonchev–Trinajstić information content (AvgIpc) is 2.55. The minimum absolute atomic E-state index is 0.276. The van der Waals surface area contributed by atoms with Crippen LogP contribution in [0.5, 0.6) is 0 Å². The summed E-state index contributed by atoms with van der Waals surface area (Å²) in [6.07, 6.45) is 3.45. The summed E-state index contributed by atoms with van der Waals surface area (Å²) in [6, 6.07) is 8.73. The van der Waals surface area contributed by atoms with Crippen molar-refractivity contribution in [1.82, 2.24) is 10.2 Å². The zero-order valence-electron chi connectivity index (χ0n) is 13.4. The number of unbranched alkanes of at least 4 members (excludes halogenated alkanes) is 2. The Balaban J connectivity index is 1.94. The molecule has 0 aliphatic carbocycles. The molecule has 6 heteroatoms. The highest BCUT2D eigenvalue weighted by Crippen LogP contribution is 2.20. The van der Waals surface area contributed by atoms with Crippen molar-refractivity contribution in [3.8, 4) is 0 Å². The van der Waals surface area contributed by atoms with Crippen LogP contribution in [0.3, 0.4) is 0 Å². The van der Waals surface area contributed by atoms with Gasteiger partial charge in [-0.25, -0.2) is 0 Å². The fraction of sp³-hybridized carbons (Fsp3) is 0.353. The van der Waals surface area contributed by atoms with Crippen LogP contribution in [-0.2, 0) is 0 Å². The van der Waals surface area contributed by atoms with E-state index in [-0.39, 0.29) is 11.6 Å². The van der Waals surface area contributed by atoms with Crippen molar-refractivity contribution < 1.29 is 4.79 Å². The van der Waals surface area contributed by atoms with Crippen LogP contribution in [0.15, 0.2) is 30.3 Å². The molecule has 2 rings (SSSR count). The first-order valence-corrected chi connectivity index (χ1v) is 8.13. The lowest BCUT2D eigenvalue weighted by Gasteiger charge is -2.08. The largest absolute Gasteiger partial charge is 0.369 e. The number of benzene rings is 1. The maximum atomic E-state index is 12.2. The number of anilines is 2. The summed E-state index contributed by atoms with van der Waals surface area (Å²) in [7, 11) is 0. The van der Waals surface area contributed by atoms with E-state index < -0.39 is 0 Å². The quantitative estimate of drug-likeness (QED) is 0.742. The molecular weight excluding hydrogens is 312 g/mol. The van der Waals surface area contributed by atoms with E-state index in [1.165, 1.54) is 12.8 Å². The van der Waals surface area contributed by atoms with E-state index in [4.69, 9.17) is 11.6 Å². The number of aromatic nitrogens is 2. The summed E-state index contributed by atoms with van der Waals surface area (Å²) in [6.45, 7) is 4.91. The Morgan fingerprint density at radius 1 is 1.17 bits per heavy atom.